The minimum Gasteiger partial charge on any atom is -0.497 e. The molecule has 0 amide bonds. The highest BCUT2D eigenvalue weighted by Gasteiger charge is 2.16. The second kappa shape index (κ2) is 11.4. The number of aromatic nitrogens is 3. The summed E-state index contributed by atoms with van der Waals surface area (Å²) >= 11 is 7.83. The molecule has 1 heterocycles. The first-order valence-electron chi connectivity index (χ1n) is 9.36. The van der Waals surface area contributed by atoms with Crippen molar-refractivity contribution in [1.82, 2.24) is 15.2 Å². The summed E-state index contributed by atoms with van der Waals surface area (Å²) in [5.74, 6) is 1.14. The quantitative estimate of drug-likeness (QED) is 0.172. The van der Waals surface area contributed by atoms with Gasteiger partial charge < -0.3 is 19.3 Å². The fourth-order valence-corrected chi connectivity index (χ4v) is 4.85. The zero-order chi connectivity index (χ0) is 24.0. The highest BCUT2D eigenvalue weighted by molar-refractivity contribution is 9.11. The minimum atomic E-state index is -1.10. The number of thioether (sulfide) groups is 1. The normalized spacial score (nSPS) is 11.2. The Morgan fingerprint density at radius 3 is 2.33 bits per heavy atom. The Labute approximate surface area is 211 Å². The van der Waals surface area contributed by atoms with Gasteiger partial charge in [0.05, 0.1) is 23.2 Å². The van der Waals surface area contributed by atoms with Crippen LogP contribution < -0.4 is 14.2 Å². The number of hydrogen-bond acceptors (Lipinski definition) is 7. The van der Waals surface area contributed by atoms with Gasteiger partial charge in [0.25, 0.3) is 0 Å². The minimum absolute atomic E-state index is 0.0438. The lowest BCUT2D eigenvalue weighted by Gasteiger charge is -2.10. The van der Waals surface area contributed by atoms with E-state index in [4.69, 9.17) is 14.2 Å². The second-order valence-electron chi connectivity index (χ2n) is 6.40. The first-order chi connectivity index (χ1) is 15.8. The van der Waals surface area contributed by atoms with Crippen molar-refractivity contribution in [3.05, 3.63) is 62.4 Å². The maximum atomic E-state index is 11.9. The predicted octanol–water partition coefficient (Wildman–Crippen LogP) is 5.80. The van der Waals surface area contributed by atoms with E-state index >= 15 is 0 Å². The van der Waals surface area contributed by atoms with Crippen LogP contribution in [-0.4, -0.2) is 47.1 Å². The van der Waals surface area contributed by atoms with E-state index in [0.717, 1.165) is 11.8 Å². The summed E-state index contributed by atoms with van der Waals surface area (Å²) in [6, 6.07) is 8.81. The van der Waals surface area contributed by atoms with Crippen molar-refractivity contribution in [2.45, 2.75) is 5.16 Å². The number of aromatic amines is 1. The number of H-pyrrole nitrogens is 1. The Morgan fingerprint density at radius 1 is 1.15 bits per heavy atom. The standard InChI is InChI=1S/C22H19Br2N3O5S/c1-4-5-32-19-16(23)6-12(7-17(19)24)8-18(21(28)29)33-22-25-20(26-27-22)13-9-14(30-2)11-15(10-13)31-3/h4,6-11H,1,5H2,2-3H3,(H,28,29)(H,25,26,27)/b18-8-. The number of halogens is 2. The SMILES string of the molecule is C=CCOc1c(Br)cc(/C=C(\Sc2n[nH]c(-c3cc(OC)cc(OC)c3)n2)C(=O)O)cc1Br. The maximum absolute atomic E-state index is 11.9. The number of benzene rings is 2. The van der Waals surface area contributed by atoms with E-state index in [2.05, 4.69) is 53.6 Å². The summed E-state index contributed by atoms with van der Waals surface area (Å²) in [5, 5.41) is 16.9. The molecule has 1 aromatic heterocycles. The predicted molar refractivity (Wildman–Crippen MR) is 134 cm³/mol. The average Bonchev–Trinajstić information content (AvgIpc) is 3.26. The van der Waals surface area contributed by atoms with Gasteiger partial charge in [-0.2, -0.15) is 0 Å². The molecule has 3 rings (SSSR count). The van der Waals surface area contributed by atoms with Crippen LogP contribution in [0.3, 0.4) is 0 Å². The fourth-order valence-electron chi connectivity index (χ4n) is 2.69. The van der Waals surface area contributed by atoms with Crippen LogP contribution in [0.15, 0.2) is 62.0 Å². The van der Waals surface area contributed by atoms with Crippen molar-refractivity contribution in [1.29, 1.82) is 0 Å². The number of carboxylic acids is 1. The molecule has 0 saturated heterocycles. The first kappa shape index (κ1) is 24.9. The number of aliphatic carboxylic acids is 1. The average molecular weight is 597 g/mol. The summed E-state index contributed by atoms with van der Waals surface area (Å²) in [7, 11) is 3.11. The lowest BCUT2D eigenvalue weighted by Crippen LogP contribution is -1.98. The highest BCUT2D eigenvalue weighted by Crippen LogP contribution is 2.37. The molecule has 172 valence electrons. The topological polar surface area (TPSA) is 107 Å². The molecule has 0 unspecified atom stereocenters. The lowest BCUT2D eigenvalue weighted by molar-refractivity contribution is -0.131. The van der Waals surface area contributed by atoms with Crippen LogP contribution >= 0.6 is 43.6 Å². The molecule has 0 fully saturated rings. The monoisotopic (exact) mass is 595 g/mol. The number of hydrogen-bond donors (Lipinski definition) is 2. The van der Waals surface area contributed by atoms with Gasteiger partial charge in [-0.15, -0.1) is 5.10 Å². The van der Waals surface area contributed by atoms with E-state index in [1.807, 2.05) is 0 Å². The first-order valence-corrected chi connectivity index (χ1v) is 11.8. The zero-order valence-corrected chi connectivity index (χ0v) is 21.6. The lowest BCUT2D eigenvalue weighted by atomic mass is 10.2. The molecule has 0 atom stereocenters. The third kappa shape index (κ3) is 6.40. The van der Waals surface area contributed by atoms with Crippen molar-refractivity contribution in [3.63, 3.8) is 0 Å². The van der Waals surface area contributed by atoms with Crippen LogP contribution in [0, 0.1) is 0 Å². The van der Waals surface area contributed by atoms with E-state index in [1.54, 1.807) is 50.6 Å². The molecule has 0 radical (unpaired) electrons. The summed E-state index contributed by atoms with van der Waals surface area (Å²) in [4.78, 5) is 16.3. The Hall–Kier alpha value is -2.76. The molecule has 0 aliphatic carbocycles. The third-order valence-electron chi connectivity index (χ3n) is 4.17. The second-order valence-corrected chi connectivity index (χ2v) is 9.11. The van der Waals surface area contributed by atoms with Crippen molar-refractivity contribution in [2.24, 2.45) is 0 Å². The van der Waals surface area contributed by atoms with Crippen molar-refractivity contribution in [2.75, 3.05) is 20.8 Å². The number of nitrogens with one attached hydrogen (secondary N) is 1. The zero-order valence-electron chi connectivity index (χ0n) is 17.6. The van der Waals surface area contributed by atoms with Gasteiger partial charge >= 0.3 is 5.97 Å². The van der Waals surface area contributed by atoms with E-state index in [1.165, 1.54) is 6.08 Å². The summed E-state index contributed by atoms with van der Waals surface area (Å²) < 4.78 is 17.5. The number of carboxylic acid groups (broad SMARTS) is 1. The van der Waals surface area contributed by atoms with Crippen molar-refractivity contribution >= 4 is 55.7 Å². The van der Waals surface area contributed by atoms with Crippen LogP contribution in [0.4, 0.5) is 0 Å². The highest BCUT2D eigenvalue weighted by atomic mass is 79.9. The molecule has 0 saturated carbocycles. The molecule has 0 aliphatic heterocycles. The Bertz CT molecular complexity index is 1170. The van der Waals surface area contributed by atoms with Gasteiger partial charge in [-0.1, -0.05) is 12.7 Å². The molecule has 0 bridgehead atoms. The van der Waals surface area contributed by atoms with Gasteiger partial charge in [0, 0.05) is 11.6 Å². The summed E-state index contributed by atoms with van der Waals surface area (Å²) in [5.41, 5.74) is 1.34. The molecule has 0 aliphatic rings. The van der Waals surface area contributed by atoms with Crippen molar-refractivity contribution in [3.8, 4) is 28.6 Å². The molecule has 0 spiro atoms. The number of carbonyl (C=O) groups is 1. The molecule has 3 aromatic rings. The van der Waals surface area contributed by atoms with Crippen LogP contribution in [0.5, 0.6) is 17.2 Å². The molecular formula is C22H19Br2N3O5S. The summed E-state index contributed by atoms with van der Waals surface area (Å²) in [6.07, 6.45) is 3.17. The molecule has 33 heavy (non-hydrogen) atoms. The van der Waals surface area contributed by atoms with E-state index < -0.39 is 5.97 Å². The third-order valence-corrected chi connectivity index (χ3v) is 6.22. The van der Waals surface area contributed by atoms with Crippen LogP contribution in [0.1, 0.15) is 5.56 Å². The van der Waals surface area contributed by atoms with Crippen molar-refractivity contribution < 1.29 is 24.1 Å². The fraction of sp³-hybridized carbons (Fsp3) is 0.136. The van der Waals surface area contributed by atoms with E-state index in [9.17, 15) is 9.90 Å². The Morgan fingerprint density at radius 2 is 1.79 bits per heavy atom. The van der Waals surface area contributed by atoms with E-state index in [-0.39, 0.29) is 10.1 Å². The number of methoxy groups -OCH3 is 2. The molecule has 2 aromatic carbocycles. The molecule has 2 N–H and O–H groups in total. The van der Waals surface area contributed by atoms with Crippen LogP contribution in [-0.2, 0) is 4.79 Å². The van der Waals surface area contributed by atoms with Crippen LogP contribution in [0.25, 0.3) is 17.5 Å². The van der Waals surface area contributed by atoms with E-state index in [0.29, 0.717) is 49.8 Å². The Balaban J connectivity index is 1.87. The number of ether oxygens (including phenoxy) is 3. The van der Waals surface area contributed by atoms with Gasteiger partial charge in [-0.25, -0.2) is 9.78 Å². The van der Waals surface area contributed by atoms with Gasteiger partial charge in [-0.05, 0) is 79.5 Å². The number of nitrogens with zero attached hydrogens (tertiary/aromatic N) is 2. The largest absolute Gasteiger partial charge is 0.497 e. The number of rotatable bonds is 10. The van der Waals surface area contributed by atoms with Gasteiger partial charge in [0.1, 0.15) is 28.8 Å². The maximum Gasteiger partial charge on any atom is 0.342 e. The molecular weight excluding hydrogens is 578 g/mol. The van der Waals surface area contributed by atoms with Gasteiger partial charge in [0.15, 0.2) is 5.82 Å². The smallest absolute Gasteiger partial charge is 0.342 e. The molecule has 11 heteroatoms. The summed E-state index contributed by atoms with van der Waals surface area (Å²) in [6.45, 7) is 3.97. The Kier molecular flexibility index (Phi) is 8.59. The van der Waals surface area contributed by atoms with Gasteiger partial charge in [0.2, 0.25) is 5.16 Å². The van der Waals surface area contributed by atoms with Crippen LogP contribution in [0.2, 0.25) is 0 Å². The van der Waals surface area contributed by atoms with Gasteiger partial charge in [-0.3, -0.25) is 5.10 Å². The molecule has 8 nitrogen and oxygen atoms in total.